The molecule has 5 nitrogen and oxygen atoms in total. The van der Waals surface area contributed by atoms with Crippen LogP contribution in [0.4, 0.5) is 0 Å². The molecule has 0 fully saturated rings. The topological polar surface area (TPSA) is 52.8 Å². The largest absolute Gasteiger partial charge is 0.493 e. The number of fused-ring (bicyclic) bond motifs is 1. The summed E-state index contributed by atoms with van der Waals surface area (Å²) in [6.07, 6.45) is 0.927. The first-order valence-electron chi connectivity index (χ1n) is 8.18. The quantitative estimate of drug-likeness (QED) is 0.587. The van der Waals surface area contributed by atoms with Crippen LogP contribution in [0.15, 0.2) is 45.9 Å². The highest BCUT2D eigenvalue weighted by atomic mass is 79.9. The molecular formula is C19H19BrN2O3S. The van der Waals surface area contributed by atoms with Gasteiger partial charge in [0.2, 0.25) is 0 Å². The highest BCUT2D eigenvalue weighted by Gasteiger charge is 2.14. The standard InChI is InChI=1S/C19H19BrN2O3S/c1-4-9-22-14-10-15(24-2)16(25-3)11-17(14)26-19(22)21-18(23)12-7-5-6-8-13(12)20/h5-8,10-11H,4,9H2,1-3H3. The van der Waals surface area contributed by atoms with Crippen molar-refractivity contribution >= 4 is 43.4 Å². The van der Waals surface area contributed by atoms with Gasteiger partial charge in [-0.15, -0.1) is 0 Å². The maximum atomic E-state index is 12.7. The Labute approximate surface area is 164 Å². The Morgan fingerprint density at radius 1 is 1.19 bits per heavy atom. The molecule has 136 valence electrons. The first-order chi connectivity index (χ1) is 12.6. The Morgan fingerprint density at radius 3 is 2.54 bits per heavy atom. The number of amides is 1. The van der Waals surface area contributed by atoms with E-state index in [0.29, 0.717) is 21.9 Å². The second kappa shape index (κ2) is 8.05. The predicted octanol–water partition coefficient (Wildman–Crippen LogP) is 4.63. The van der Waals surface area contributed by atoms with E-state index in [1.165, 1.54) is 11.3 Å². The van der Waals surface area contributed by atoms with Gasteiger partial charge < -0.3 is 14.0 Å². The maximum absolute atomic E-state index is 12.7. The number of carbonyl (C=O) groups is 1. The molecule has 0 N–H and O–H groups in total. The summed E-state index contributed by atoms with van der Waals surface area (Å²) in [6.45, 7) is 2.86. The minimum absolute atomic E-state index is 0.271. The highest BCUT2D eigenvalue weighted by Crippen LogP contribution is 2.33. The number of thiazole rings is 1. The van der Waals surface area contributed by atoms with E-state index in [9.17, 15) is 4.79 Å². The molecule has 0 saturated carbocycles. The van der Waals surface area contributed by atoms with Crippen molar-refractivity contribution in [2.24, 2.45) is 4.99 Å². The van der Waals surface area contributed by atoms with E-state index in [1.54, 1.807) is 20.3 Å². The first kappa shape index (κ1) is 18.7. The molecule has 3 aromatic rings. The van der Waals surface area contributed by atoms with Gasteiger partial charge in [-0.1, -0.05) is 30.4 Å². The normalized spacial score (nSPS) is 11.8. The Balaban J connectivity index is 2.20. The summed E-state index contributed by atoms with van der Waals surface area (Å²) in [5.41, 5.74) is 1.52. The zero-order valence-corrected chi connectivity index (χ0v) is 17.2. The third kappa shape index (κ3) is 3.54. The molecule has 1 aromatic heterocycles. The molecule has 0 unspecified atom stereocenters. The number of halogens is 1. The molecule has 0 spiro atoms. The zero-order chi connectivity index (χ0) is 18.7. The van der Waals surface area contributed by atoms with Gasteiger partial charge in [0.25, 0.3) is 5.91 Å². The van der Waals surface area contributed by atoms with Gasteiger partial charge in [0.05, 0.1) is 30.0 Å². The van der Waals surface area contributed by atoms with E-state index in [1.807, 2.05) is 30.3 Å². The fourth-order valence-corrected chi connectivity index (χ4v) is 4.22. The minimum atomic E-state index is -0.271. The van der Waals surface area contributed by atoms with Crippen LogP contribution in [0.3, 0.4) is 0 Å². The van der Waals surface area contributed by atoms with E-state index in [-0.39, 0.29) is 5.91 Å². The molecule has 2 aromatic carbocycles. The van der Waals surface area contributed by atoms with E-state index >= 15 is 0 Å². The van der Waals surface area contributed by atoms with E-state index in [0.717, 1.165) is 27.7 Å². The van der Waals surface area contributed by atoms with Gasteiger partial charge in [-0.2, -0.15) is 4.99 Å². The molecule has 0 saturated heterocycles. The second-order valence-electron chi connectivity index (χ2n) is 5.61. The first-order valence-corrected chi connectivity index (χ1v) is 9.79. The molecule has 26 heavy (non-hydrogen) atoms. The number of hydrogen-bond donors (Lipinski definition) is 0. The number of aryl methyl sites for hydroxylation is 1. The van der Waals surface area contributed by atoms with Gasteiger partial charge in [-0.05, 0) is 34.5 Å². The van der Waals surface area contributed by atoms with Gasteiger partial charge in [0.1, 0.15) is 0 Å². The van der Waals surface area contributed by atoms with Crippen LogP contribution in [0.25, 0.3) is 10.2 Å². The summed E-state index contributed by atoms with van der Waals surface area (Å²) in [5, 5.41) is 0. The predicted molar refractivity (Wildman–Crippen MR) is 107 cm³/mol. The van der Waals surface area contributed by atoms with Crippen LogP contribution in [0.1, 0.15) is 23.7 Å². The lowest BCUT2D eigenvalue weighted by molar-refractivity contribution is 0.0997. The number of benzene rings is 2. The van der Waals surface area contributed by atoms with Gasteiger partial charge in [0.15, 0.2) is 16.3 Å². The fraction of sp³-hybridized carbons (Fsp3) is 0.263. The van der Waals surface area contributed by atoms with Crippen molar-refractivity contribution in [3.05, 3.63) is 51.2 Å². The average Bonchev–Trinajstić information content (AvgIpc) is 2.97. The van der Waals surface area contributed by atoms with Crippen LogP contribution in [-0.2, 0) is 6.54 Å². The van der Waals surface area contributed by atoms with Gasteiger partial charge >= 0.3 is 0 Å². The van der Waals surface area contributed by atoms with Crippen LogP contribution in [-0.4, -0.2) is 24.7 Å². The molecule has 1 amide bonds. The summed E-state index contributed by atoms with van der Waals surface area (Å²) in [7, 11) is 3.22. The zero-order valence-electron chi connectivity index (χ0n) is 14.8. The SMILES string of the molecule is CCCn1c(=NC(=O)c2ccccc2Br)sc2cc(OC)c(OC)cc21. The summed E-state index contributed by atoms with van der Waals surface area (Å²) in [5.74, 6) is 1.05. The Bertz CT molecular complexity index is 1020. The van der Waals surface area contributed by atoms with Crippen molar-refractivity contribution in [3.63, 3.8) is 0 Å². The molecule has 0 radical (unpaired) electrons. The molecule has 0 atom stereocenters. The Morgan fingerprint density at radius 2 is 1.88 bits per heavy atom. The van der Waals surface area contributed by atoms with Crippen molar-refractivity contribution in [1.29, 1.82) is 0 Å². The summed E-state index contributed by atoms with van der Waals surface area (Å²) >= 11 is 4.88. The van der Waals surface area contributed by atoms with Gasteiger partial charge in [-0.3, -0.25) is 4.79 Å². The number of methoxy groups -OCH3 is 2. The number of carbonyl (C=O) groups excluding carboxylic acids is 1. The highest BCUT2D eigenvalue weighted by molar-refractivity contribution is 9.10. The average molecular weight is 435 g/mol. The van der Waals surface area contributed by atoms with Crippen LogP contribution in [0, 0.1) is 0 Å². The summed E-state index contributed by atoms with van der Waals surface area (Å²) in [4.78, 5) is 17.7. The van der Waals surface area contributed by atoms with Crippen molar-refractivity contribution in [1.82, 2.24) is 4.57 Å². The van der Waals surface area contributed by atoms with Gasteiger partial charge in [-0.25, -0.2) is 0 Å². The van der Waals surface area contributed by atoms with Crippen molar-refractivity contribution in [2.45, 2.75) is 19.9 Å². The molecule has 0 aliphatic heterocycles. The van der Waals surface area contributed by atoms with Crippen LogP contribution >= 0.6 is 27.3 Å². The third-order valence-electron chi connectivity index (χ3n) is 3.94. The monoisotopic (exact) mass is 434 g/mol. The molecule has 1 heterocycles. The summed E-state index contributed by atoms with van der Waals surface area (Å²) in [6, 6.07) is 11.2. The molecule has 0 bridgehead atoms. The second-order valence-corrected chi connectivity index (χ2v) is 7.47. The molecule has 3 rings (SSSR count). The molecule has 0 aliphatic rings. The van der Waals surface area contributed by atoms with Gasteiger partial charge in [0, 0.05) is 23.2 Å². The van der Waals surface area contributed by atoms with E-state index in [2.05, 4.69) is 32.4 Å². The van der Waals surface area contributed by atoms with Crippen LogP contribution in [0.5, 0.6) is 11.5 Å². The Kier molecular flexibility index (Phi) is 5.78. The van der Waals surface area contributed by atoms with E-state index < -0.39 is 0 Å². The molecular weight excluding hydrogens is 416 g/mol. The minimum Gasteiger partial charge on any atom is -0.493 e. The number of nitrogens with zero attached hydrogens (tertiary/aromatic N) is 2. The lowest BCUT2D eigenvalue weighted by Crippen LogP contribution is -2.17. The maximum Gasteiger partial charge on any atom is 0.280 e. The number of aromatic nitrogens is 1. The van der Waals surface area contributed by atoms with Crippen LogP contribution < -0.4 is 14.3 Å². The van der Waals surface area contributed by atoms with Crippen molar-refractivity contribution in [2.75, 3.05) is 14.2 Å². The number of hydrogen-bond acceptors (Lipinski definition) is 4. The van der Waals surface area contributed by atoms with Crippen molar-refractivity contribution < 1.29 is 14.3 Å². The van der Waals surface area contributed by atoms with E-state index in [4.69, 9.17) is 9.47 Å². The van der Waals surface area contributed by atoms with Crippen LogP contribution in [0.2, 0.25) is 0 Å². The molecule has 7 heteroatoms. The number of rotatable bonds is 5. The third-order valence-corrected chi connectivity index (χ3v) is 5.67. The fourth-order valence-electron chi connectivity index (χ4n) is 2.70. The molecule has 0 aliphatic carbocycles. The Hall–Kier alpha value is -2.12. The smallest absolute Gasteiger partial charge is 0.280 e. The van der Waals surface area contributed by atoms with Crippen molar-refractivity contribution in [3.8, 4) is 11.5 Å². The lowest BCUT2D eigenvalue weighted by atomic mass is 10.2. The lowest BCUT2D eigenvalue weighted by Gasteiger charge is -2.08. The number of ether oxygens (including phenoxy) is 2. The summed E-state index contributed by atoms with van der Waals surface area (Å²) < 4.78 is 14.6.